The van der Waals surface area contributed by atoms with Gasteiger partial charge in [0.15, 0.2) is 6.61 Å². The number of esters is 1. The lowest BCUT2D eigenvalue weighted by atomic mass is 10.1. The van der Waals surface area contributed by atoms with Crippen LogP contribution in [0.2, 0.25) is 0 Å². The van der Waals surface area contributed by atoms with E-state index in [1.807, 2.05) is 13.8 Å². The molecule has 1 heterocycles. The Morgan fingerprint density at radius 3 is 2.42 bits per heavy atom. The number of nitriles is 1. The number of nitrogens with zero attached hydrogens (tertiary/aromatic N) is 2. The highest BCUT2D eigenvalue weighted by Crippen LogP contribution is 2.15. The van der Waals surface area contributed by atoms with Crippen molar-refractivity contribution in [2.24, 2.45) is 0 Å². The van der Waals surface area contributed by atoms with Crippen LogP contribution < -0.4 is 4.74 Å². The Morgan fingerprint density at radius 1 is 1.27 bits per heavy atom. The normalized spacial score (nSPS) is 20.2. The van der Waals surface area contributed by atoms with Crippen molar-refractivity contribution < 1.29 is 23.8 Å². The van der Waals surface area contributed by atoms with E-state index in [0.29, 0.717) is 24.4 Å². The molecule has 1 aromatic rings. The fourth-order valence-electron chi connectivity index (χ4n) is 2.68. The number of carbonyl (C=O) groups excluding carboxylic acids is 2. The molecule has 1 aliphatic rings. The topological polar surface area (TPSA) is 88.9 Å². The molecular weight excluding hydrogens is 336 g/mol. The maximum Gasteiger partial charge on any atom is 0.349 e. The van der Waals surface area contributed by atoms with Crippen molar-refractivity contribution in [1.29, 1.82) is 5.26 Å². The summed E-state index contributed by atoms with van der Waals surface area (Å²) in [5, 5.41) is 9.19. The smallest absolute Gasteiger partial charge is 0.349 e. The summed E-state index contributed by atoms with van der Waals surface area (Å²) in [6.45, 7) is 4.27. The molecule has 0 N–H and O–H groups in total. The van der Waals surface area contributed by atoms with Gasteiger partial charge < -0.3 is 19.1 Å². The van der Waals surface area contributed by atoms with Gasteiger partial charge in [-0.15, -0.1) is 0 Å². The second kappa shape index (κ2) is 9.02. The molecule has 138 valence electrons. The fraction of sp³-hybridized carbons (Fsp3) is 0.421. The quantitative estimate of drug-likeness (QED) is 0.453. The molecule has 0 aliphatic carbocycles. The van der Waals surface area contributed by atoms with Gasteiger partial charge in [0.25, 0.3) is 5.91 Å². The van der Waals surface area contributed by atoms with Crippen LogP contribution in [0.15, 0.2) is 29.8 Å². The van der Waals surface area contributed by atoms with Crippen molar-refractivity contribution in [3.63, 3.8) is 0 Å². The minimum absolute atomic E-state index is 0.0666. The molecule has 0 saturated carbocycles. The number of benzene rings is 1. The third-order valence-electron chi connectivity index (χ3n) is 3.87. The Bertz CT molecular complexity index is 710. The Balaban J connectivity index is 1.95. The van der Waals surface area contributed by atoms with E-state index in [2.05, 4.69) is 0 Å². The summed E-state index contributed by atoms with van der Waals surface area (Å²) in [4.78, 5) is 25.9. The Hall–Kier alpha value is -2.85. The first-order valence-electron chi connectivity index (χ1n) is 8.29. The molecule has 0 unspecified atom stereocenters. The van der Waals surface area contributed by atoms with E-state index in [-0.39, 0.29) is 23.7 Å². The van der Waals surface area contributed by atoms with Crippen molar-refractivity contribution in [1.82, 2.24) is 4.90 Å². The van der Waals surface area contributed by atoms with E-state index in [1.54, 1.807) is 42.3 Å². The number of hydrogen-bond donors (Lipinski definition) is 0. The van der Waals surface area contributed by atoms with Crippen LogP contribution in [0.25, 0.3) is 6.08 Å². The van der Waals surface area contributed by atoms with Crippen LogP contribution in [-0.2, 0) is 19.1 Å². The largest absolute Gasteiger partial charge is 0.497 e. The third-order valence-corrected chi connectivity index (χ3v) is 3.87. The number of morpholine rings is 1. The molecular formula is C19H22N2O5. The summed E-state index contributed by atoms with van der Waals surface area (Å²) < 4.78 is 15.6. The van der Waals surface area contributed by atoms with Gasteiger partial charge in [0, 0.05) is 13.1 Å². The second-order valence-electron chi connectivity index (χ2n) is 6.08. The average molecular weight is 358 g/mol. The SMILES string of the molecule is COc1ccc(/C=C(\C#N)C(=O)OCC(=O)N2C[C@H](C)O[C@@H](C)C2)cc1. The maximum absolute atomic E-state index is 12.2. The maximum atomic E-state index is 12.2. The molecule has 7 heteroatoms. The lowest BCUT2D eigenvalue weighted by Gasteiger charge is -2.35. The van der Waals surface area contributed by atoms with Gasteiger partial charge >= 0.3 is 5.97 Å². The van der Waals surface area contributed by atoms with Gasteiger partial charge in [0.1, 0.15) is 17.4 Å². The summed E-state index contributed by atoms with van der Waals surface area (Å²) in [6.07, 6.45) is 1.27. The molecule has 1 amide bonds. The van der Waals surface area contributed by atoms with Gasteiger partial charge in [-0.2, -0.15) is 5.26 Å². The van der Waals surface area contributed by atoms with Crippen molar-refractivity contribution in [3.8, 4) is 11.8 Å². The minimum Gasteiger partial charge on any atom is -0.497 e. The first kappa shape index (κ1) is 19.5. The molecule has 26 heavy (non-hydrogen) atoms. The molecule has 0 radical (unpaired) electrons. The molecule has 1 fully saturated rings. The van der Waals surface area contributed by atoms with Crippen molar-refractivity contribution in [3.05, 3.63) is 35.4 Å². The summed E-state index contributed by atoms with van der Waals surface area (Å²) in [5.41, 5.74) is 0.480. The van der Waals surface area contributed by atoms with Crippen LogP contribution >= 0.6 is 0 Å². The van der Waals surface area contributed by atoms with E-state index in [9.17, 15) is 14.9 Å². The van der Waals surface area contributed by atoms with E-state index in [1.165, 1.54) is 6.08 Å². The number of ether oxygens (including phenoxy) is 3. The zero-order valence-electron chi connectivity index (χ0n) is 15.1. The van der Waals surface area contributed by atoms with Gasteiger partial charge in [-0.3, -0.25) is 4.79 Å². The number of rotatable bonds is 5. The van der Waals surface area contributed by atoms with Gasteiger partial charge in [-0.1, -0.05) is 12.1 Å². The van der Waals surface area contributed by atoms with Crippen molar-refractivity contribution in [2.75, 3.05) is 26.8 Å². The average Bonchev–Trinajstić information content (AvgIpc) is 2.63. The number of hydrogen-bond acceptors (Lipinski definition) is 6. The second-order valence-corrected chi connectivity index (χ2v) is 6.08. The van der Waals surface area contributed by atoms with E-state index in [4.69, 9.17) is 14.2 Å². The first-order chi connectivity index (χ1) is 12.4. The predicted molar refractivity (Wildman–Crippen MR) is 94.1 cm³/mol. The molecule has 2 atom stereocenters. The molecule has 1 aromatic carbocycles. The number of carbonyl (C=O) groups is 2. The minimum atomic E-state index is -0.828. The van der Waals surface area contributed by atoms with Crippen LogP contribution in [0.3, 0.4) is 0 Å². The monoisotopic (exact) mass is 358 g/mol. The molecule has 0 bridgehead atoms. The van der Waals surface area contributed by atoms with Crippen LogP contribution in [0.1, 0.15) is 19.4 Å². The van der Waals surface area contributed by atoms with Gasteiger partial charge in [0.2, 0.25) is 0 Å². The van der Waals surface area contributed by atoms with Crippen molar-refractivity contribution in [2.45, 2.75) is 26.1 Å². The standard InChI is InChI=1S/C19H22N2O5/c1-13-10-21(11-14(2)26-13)18(22)12-25-19(23)16(9-20)8-15-4-6-17(24-3)7-5-15/h4-8,13-14H,10-12H2,1-3H3/b16-8+/t13-,14-/m0/s1. The van der Waals surface area contributed by atoms with Crippen LogP contribution in [0, 0.1) is 11.3 Å². The lowest BCUT2D eigenvalue weighted by molar-refractivity contribution is -0.154. The Labute approximate surface area is 152 Å². The number of methoxy groups -OCH3 is 1. The number of amides is 1. The zero-order chi connectivity index (χ0) is 19.1. The van der Waals surface area contributed by atoms with Crippen LogP contribution in [-0.4, -0.2) is 55.8 Å². The Kier molecular flexibility index (Phi) is 6.75. The fourth-order valence-corrected chi connectivity index (χ4v) is 2.68. The van der Waals surface area contributed by atoms with Gasteiger partial charge in [-0.25, -0.2) is 4.79 Å². The first-order valence-corrected chi connectivity index (χ1v) is 8.29. The highest BCUT2D eigenvalue weighted by Gasteiger charge is 2.26. The summed E-state index contributed by atoms with van der Waals surface area (Å²) in [6, 6.07) is 8.67. The summed E-state index contributed by atoms with van der Waals surface area (Å²) in [5.74, 6) is -0.462. The lowest BCUT2D eigenvalue weighted by Crippen LogP contribution is -2.49. The molecule has 1 aliphatic heterocycles. The highest BCUT2D eigenvalue weighted by atomic mass is 16.5. The molecule has 7 nitrogen and oxygen atoms in total. The van der Waals surface area contributed by atoms with E-state index >= 15 is 0 Å². The van der Waals surface area contributed by atoms with E-state index in [0.717, 1.165) is 0 Å². The molecule has 0 aromatic heterocycles. The zero-order valence-corrected chi connectivity index (χ0v) is 15.1. The van der Waals surface area contributed by atoms with Gasteiger partial charge in [0.05, 0.1) is 19.3 Å². The summed E-state index contributed by atoms with van der Waals surface area (Å²) in [7, 11) is 1.55. The summed E-state index contributed by atoms with van der Waals surface area (Å²) >= 11 is 0. The molecule has 2 rings (SSSR count). The predicted octanol–water partition coefficient (Wildman–Crippen LogP) is 1.78. The van der Waals surface area contributed by atoms with Crippen molar-refractivity contribution >= 4 is 18.0 Å². The Morgan fingerprint density at radius 2 is 1.88 bits per heavy atom. The van der Waals surface area contributed by atoms with Gasteiger partial charge in [-0.05, 0) is 37.6 Å². The molecule has 0 spiro atoms. The van der Waals surface area contributed by atoms with Crippen LogP contribution in [0.5, 0.6) is 5.75 Å². The van der Waals surface area contributed by atoms with Crippen LogP contribution in [0.4, 0.5) is 0 Å². The highest BCUT2D eigenvalue weighted by molar-refractivity contribution is 5.98. The molecule has 1 saturated heterocycles. The third kappa shape index (κ3) is 5.33. The van der Waals surface area contributed by atoms with E-state index < -0.39 is 12.6 Å².